The van der Waals surface area contributed by atoms with Crippen molar-refractivity contribution in [3.05, 3.63) is 11.7 Å². The molecular weight excluding hydrogens is 230 g/mol. The van der Waals surface area contributed by atoms with E-state index in [9.17, 15) is 0 Å². The van der Waals surface area contributed by atoms with Crippen LogP contribution in [-0.2, 0) is 4.74 Å². The van der Waals surface area contributed by atoms with Crippen molar-refractivity contribution in [1.82, 2.24) is 15.5 Å². The molecule has 100 valence electrons. The van der Waals surface area contributed by atoms with E-state index in [4.69, 9.17) is 9.26 Å². The lowest BCUT2D eigenvalue weighted by molar-refractivity contribution is 0.0392. The average molecular weight is 251 g/mol. The molecule has 2 fully saturated rings. The standard InChI is InChI=1S/C13H21N3O2/c1-9-8-17-6-4-11(9)13-15-12(16-18-13)10-3-2-5-14-7-10/h9-11,14H,2-8H2,1H3. The Bertz CT molecular complexity index is 387. The molecule has 3 heterocycles. The van der Waals surface area contributed by atoms with Gasteiger partial charge >= 0.3 is 0 Å². The van der Waals surface area contributed by atoms with E-state index in [1.165, 1.54) is 6.42 Å². The maximum atomic E-state index is 5.48. The zero-order valence-corrected chi connectivity index (χ0v) is 10.9. The van der Waals surface area contributed by atoms with Crippen molar-refractivity contribution in [3.8, 4) is 0 Å². The molecular formula is C13H21N3O2. The third-order valence-corrected chi connectivity index (χ3v) is 4.08. The molecule has 3 unspecified atom stereocenters. The maximum Gasteiger partial charge on any atom is 0.230 e. The van der Waals surface area contributed by atoms with Crippen LogP contribution in [0.1, 0.15) is 49.7 Å². The number of nitrogens with zero attached hydrogens (tertiary/aromatic N) is 2. The van der Waals surface area contributed by atoms with Crippen molar-refractivity contribution in [2.45, 2.75) is 38.0 Å². The average Bonchev–Trinajstić information content (AvgIpc) is 2.90. The summed E-state index contributed by atoms with van der Waals surface area (Å²) in [6, 6.07) is 0. The van der Waals surface area contributed by atoms with Crippen molar-refractivity contribution < 1.29 is 9.26 Å². The van der Waals surface area contributed by atoms with Crippen molar-refractivity contribution in [3.63, 3.8) is 0 Å². The maximum absolute atomic E-state index is 5.48. The quantitative estimate of drug-likeness (QED) is 0.866. The Morgan fingerprint density at radius 3 is 3.06 bits per heavy atom. The van der Waals surface area contributed by atoms with Crippen molar-refractivity contribution in [2.24, 2.45) is 5.92 Å². The van der Waals surface area contributed by atoms with Crippen molar-refractivity contribution in [1.29, 1.82) is 0 Å². The molecule has 0 aromatic carbocycles. The van der Waals surface area contributed by atoms with Gasteiger partial charge in [-0.05, 0) is 31.7 Å². The Kier molecular flexibility index (Phi) is 3.61. The van der Waals surface area contributed by atoms with Crippen LogP contribution in [0.25, 0.3) is 0 Å². The monoisotopic (exact) mass is 251 g/mol. The Balaban J connectivity index is 1.71. The van der Waals surface area contributed by atoms with Gasteiger partial charge in [0.05, 0.1) is 0 Å². The predicted molar refractivity (Wildman–Crippen MR) is 66.5 cm³/mol. The number of hydrogen-bond donors (Lipinski definition) is 1. The summed E-state index contributed by atoms with van der Waals surface area (Å²) in [4.78, 5) is 4.63. The number of ether oxygens (including phenoxy) is 1. The van der Waals surface area contributed by atoms with E-state index < -0.39 is 0 Å². The second-order valence-electron chi connectivity index (χ2n) is 5.48. The lowest BCUT2D eigenvalue weighted by Crippen LogP contribution is -2.29. The second kappa shape index (κ2) is 5.36. The van der Waals surface area contributed by atoms with E-state index in [0.717, 1.165) is 50.9 Å². The van der Waals surface area contributed by atoms with Gasteiger partial charge in [-0.1, -0.05) is 12.1 Å². The minimum atomic E-state index is 0.372. The fourth-order valence-electron chi connectivity index (χ4n) is 2.88. The van der Waals surface area contributed by atoms with Crippen LogP contribution in [0, 0.1) is 5.92 Å². The Hall–Kier alpha value is -0.940. The highest BCUT2D eigenvalue weighted by Gasteiger charge is 2.30. The lowest BCUT2D eigenvalue weighted by Gasteiger charge is -2.25. The van der Waals surface area contributed by atoms with Crippen LogP contribution >= 0.6 is 0 Å². The molecule has 5 heteroatoms. The molecule has 0 bridgehead atoms. The smallest absolute Gasteiger partial charge is 0.230 e. The summed E-state index contributed by atoms with van der Waals surface area (Å²) in [6.45, 7) is 5.88. The molecule has 2 saturated heterocycles. The molecule has 3 rings (SSSR count). The van der Waals surface area contributed by atoms with Gasteiger partial charge in [0.1, 0.15) is 0 Å². The van der Waals surface area contributed by atoms with Gasteiger partial charge in [0.2, 0.25) is 5.89 Å². The Morgan fingerprint density at radius 1 is 1.33 bits per heavy atom. The molecule has 0 saturated carbocycles. The van der Waals surface area contributed by atoms with Gasteiger partial charge in [-0.2, -0.15) is 4.98 Å². The summed E-state index contributed by atoms with van der Waals surface area (Å²) in [5.74, 6) is 2.96. The van der Waals surface area contributed by atoms with Crippen LogP contribution < -0.4 is 5.32 Å². The van der Waals surface area contributed by atoms with Crippen LogP contribution in [-0.4, -0.2) is 36.4 Å². The zero-order valence-electron chi connectivity index (χ0n) is 10.9. The van der Waals surface area contributed by atoms with Gasteiger partial charge in [0, 0.05) is 31.6 Å². The highest BCUT2D eigenvalue weighted by molar-refractivity contribution is 5.02. The summed E-state index contributed by atoms with van der Waals surface area (Å²) in [5.41, 5.74) is 0. The number of nitrogens with one attached hydrogen (secondary N) is 1. The molecule has 1 N–H and O–H groups in total. The molecule has 2 aliphatic rings. The van der Waals surface area contributed by atoms with Crippen molar-refractivity contribution in [2.75, 3.05) is 26.3 Å². The first-order valence-corrected chi connectivity index (χ1v) is 6.96. The molecule has 1 aromatic rings. The number of rotatable bonds is 2. The normalized spacial score (nSPS) is 33.5. The number of hydrogen-bond acceptors (Lipinski definition) is 5. The summed E-state index contributed by atoms with van der Waals surface area (Å²) in [6.07, 6.45) is 3.35. The third kappa shape index (κ3) is 2.42. The molecule has 5 nitrogen and oxygen atoms in total. The van der Waals surface area contributed by atoms with E-state index in [2.05, 4.69) is 22.4 Å². The van der Waals surface area contributed by atoms with Gasteiger partial charge in [0.25, 0.3) is 0 Å². The van der Waals surface area contributed by atoms with Crippen molar-refractivity contribution >= 4 is 0 Å². The first-order valence-electron chi connectivity index (χ1n) is 6.96. The molecule has 0 radical (unpaired) electrons. The van der Waals surface area contributed by atoms with Crippen LogP contribution in [0.4, 0.5) is 0 Å². The van der Waals surface area contributed by atoms with Gasteiger partial charge in [-0.3, -0.25) is 0 Å². The van der Waals surface area contributed by atoms with E-state index >= 15 is 0 Å². The molecule has 2 aliphatic heterocycles. The highest BCUT2D eigenvalue weighted by Crippen LogP contribution is 2.31. The van der Waals surface area contributed by atoms with Gasteiger partial charge < -0.3 is 14.6 Å². The fraction of sp³-hybridized carbons (Fsp3) is 0.846. The Labute approximate surface area is 107 Å². The second-order valence-corrected chi connectivity index (χ2v) is 5.48. The molecule has 0 aliphatic carbocycles. The van der Waals surface area contributed by atoms with Crippen LogP contribution in [0.5, 0.6) is 0 Å². The molecule has 3 atom stereocenters. The van der Waals surface area contributed by atoms with Gasteiger partial charge in [0.15, 0.2) is 5.82 Å². The van der Waals surface area contributed by atoms with Gasteiger partial charge in [-0.25, -0.2) is 0 Å². The van der Waals surface area contributed by atoms with Gasteiger partial charge in [-0.15, -0.1) is 0 Å². The number of piperidine rings is 1. The topological polar surface area (TPSA) is 60.2 Å². The van der Waals surface area contributed by atoms with E-state index in [0.29, 0.717) is 17.8 Å². The highest BCUT2D eigenvalue weighted by atomic mass is 16.5. The van der Waals surface area contributed by atoms with Crippen LogP contribution in [0.3, 0.4) is 0 Å². The predicted octanol–water partition coefficient (Wildman–Crippen LogP) is 1.68. The molecule has 0 spiro atoms. The minimum absolute atomic E-state index is 0.372. The fourth-order valence-corrected chi connectivity index (χ4v) is 2.88. The Morgan fingerprint density at radius 2 is 2.28 bits per heavy atom. The summed E-state index contributed by atoms with van der Waals surface area (Å²) in [5, 5.41) is 7.57. The first-order chi connectivity index (χ1) is 8.84. The first kappa shape index (κ1) is 12.1. The largest absolute Gasteiger partial charge is 0.381 e. The summed E-state index contributed by atoms with van der Waals surface area (Å²) in [7, 11) is 0. The van der Waals surface area contributed by atoms with E-state index in [-0.39, 0.29) is 0 Å². The number of aromatic nitrogens is 2. The zero-order chi connectivity index (χ0) is 12.4. The minimum Gasteiger partial charge on any atom is -0.381 e. The lowest BCUT2D eigenvalue weighted by atomic mass is 9.90. The molecule has 18 heavy (non-hydrogen) atoms. The molecule has 0 amide bonds. The summed E-state index contributed by atoms with van der Waals surface area (Å²) < 4.78 is 10.9. The van der Waals surface area contributed by atoms with E-state index in [1.807, 2.05) is 0 Å². The van der Waals surface area contributed by atoms with Crippen LogP contribution in [0.15, 0.2) is 4.52 Å². The third-order valence-electron chi connectivity index (χ3n) is 4.08. The van der Waals surface area contributed by atoms with E-state index in [1.54, 1.807) is 0 Å². The SMILES string of the molecule is CC1COCCC1c1nc(C2CCCNC2)no1. The van der Waals surface area contributed by atoms with Crippen LogP contribution in [0.2, 0.25) is 0 Å². The molecule has 1 aromatic heterocycles. The summed E-state index contributed by atoms with van der Waals surface area (Å²) >= 11 is 0.